The molecule has 7 heteroatoms. The van der Waals surface area contributed by atoms with Crippen molar-refractivity contribution in [2.45, 2.75) is 46.6 Å². The molecule has 0 aliphatic carbocycles. The Morgan fingerprint density at radius 3 is 2.52 bits per heavy atom. The molecule has 0 bridgehead atoms. The van der Waals surface area contributed by atoms with Gasteiger partial charge in [0.2, 0.25) is 5.91 Å². The fourth-order valence-electron chi connectivity index (χ4n) is 3.77. The summed E-state index contributed by atoms with van der Waals surface area (Å²) in [5.41, 5.74) is 1.47. The van der Waals surface area contributed by atoms with Crippen LogP contribution in [0.1, 0.15) is 60.5 Å². The quantitative estimate of drug-likeness (QED) is 0.655. The van der Waals surface area contributed by atoms with Gasteiger partial charge in [-0.25, -0.2) is 0 Å². The van der Waals surface area contributed by atoms with Crippen molar-refractivity contribution in [3.05, 3.63) is 46.3 Å². The molecule has 2 N–H and O–H groups in total. The molecule has 31 heavy (non-hydrogen) atoms. The average molecular weight is 444 g/mol. The van der Waals surface area contributed by atoms with Gasteiger partial charge >= 0.3 is 0 Å². The van der Waals surface area contributed by atoms with Gasteiger partial charge in [-0.05, 0) is 50.6 Å². The van der Waals surface area contributed by atoms with E-state index < -0.39 is 5.41 Å². The number of hydrogen-bond acceptors (Lipinski definition) is 5. The van der Waals surface area contributed by atoms with Crippen LogP contribution < -0.4 is 15.4 Å². The molecule has 2 amide bonds. The van der Waals surface area contributed by atoms with Crippen LogP contribution in [0.25, 0.3) is 0 Å². The molecule has 6 nitrogen and oxygen atoms in total. The molecule has 2 aromatic rings. The molecule has 1 aromatic heterocycles. The first-order valence-corrected chi connectivity index (χ1v) is 11.6. The molecule has 0 spiro atoms. The third-order valence-electron chi connectivity index (χ3n) is 5.58. The van der Waals surface area contributed by atoms with Gasteiger partial charge in [0.25, 0.3) is 5.91 Å². The van der Waals surface area contributed by atoms with E-state index in [1.165, 1.54) is 24.2 Å². The number of benzene rings is 1. The molecule has 1 atom stereocenters. The number of methoxy groups -OCH3 is 1. The topological polar surface area (TPSA) is 70.7 Å². The zero-order valence-electron chi connectivity index (χ0n) is 19.1. The number of thiophene rings is 1. The molecule has 2 heterocycles. The maximum atomic E-state index is 13.0. The molecule has 168 valence electrons. The van der Waals surface area contributed by atoms with Gasteiger partial charge in [-0.2, -0.15) is 0 Å². The first kappa shape index (κ1) is 23.3. The fraction of sp³-hybridized carbons (Fsp3) is 0.500. The molecular formula is C24H33N3O3S. The Balaban J connectivity index is 1.73. The van der Waals surface area contributed by atoms with Crippen LogP contribution in [0.5, 0.6) is 5.75 Å². The second-order valence-corrected chi connectivity index (χ2v) is 10.1. The summed E-state index contributed by atoms with van der Waals surface area (Å²) in [7, 11) is 1.68. The molecule has 0 saturated carbocycles. The molecule has 1 aliphatic heterocycles. The largest absolute Gasteiger partial charge is 0.496 e. The molecule has 1 saturated heterocycles. The monoisotopic (exact) mass is 443 g/mol. The van der Waals surface area contributed by atoms with Gasteiger partial charge in [0.15, 0.2) is 0 Å². The third kappa shape index (κ3) is 5.66. The lowest BCUT2D eigenvalue weighted by Gasteiger charge is -2.29. The summed E-state index contributed by atoms with van der Waals surface area (Å²) in [6.07, 6.45) is 2.33. The van der Waals surface area contributed by atoms with E-state index in [-0.39, 0.29) is 17.9 Å². The summed E-state index contributed by atoms with van der Waals surface area (Å²) in [6.45, 7) is 10.0. The second-order valence-electron chi connectivity index (χ2n) is 9.04. The van der Waals surface area contributed by atoms with E-state index in [1.54, 1.807) is 7.11 Å². The Kier molecular flexibility index (Phi) is 7.38. The highest BCUT2D eigenvalue weighted by atomic mass is 32.1. The standard InChI is InChI=1S/C24H33N3O3S/c1-16-14-20(26-23(29)24(2,3)4)31-21(16)22(28)25-15-18(27-12-8-9-13-27)17-10-6-7-11-19(17)30-5/h6-7,10-11,14,18H,8-9,12-13,15H2,1-5H3,(H,25,28)(H,26,29). The maximum Gasteiger partial charge on any atom is 0.261 e. The fourth-order valence-corrected chi connectivity index (χ4v) is 4.75. The van der Waals surface area contributed by atoms with Crippen LogP contribution in [0.2, 0.25) is 0 Å². The van der Waals surface area contributed by atoms with Gasteiger partial charge in [0, 0.05) is 17.5 Å². The van der Waals surface area contributed by atoms with Crippen LogP contribution in [0.15, 0.2) is 30.3 Å². The van der Waals surface area contributed by atoms with Crippen molar-refractivity contribution in [3.8, 4) is 5.75 Å². The highest BCUT2D eigenvalue weighted by Gasteiger charge is 2.27. The minimum Gasteiger partial charge on any atom is -0.496 e. The predicted octanol–water partition coefficient (Wildman–Crippen LogP) is 4.62. The third-order valence-corrected chi connectivity index (χ3v) is 6.73. The molecular weight excluding hydrogens is 410 g/mol. The number of anilines is 1. The highest BCUT2D eigenvalue weighted by Crippen LogP contribution is 2.32. The summed E-state index contributed by atoms with van der Waals surface area (Å²) in [4.78, 5) is 28.3. The SMILES string of the molecule is COc1ccccc1C(CNC(=O)c1sc(NC(=O)C(C)(C)C)cc1C)N1CCCC1. The second kappa shape index (κ2) is 9.83. The number of aryl methyl sites for hydroxylation is 1. The lowest BCUT2D eigenvalue weighted by molar-refractivity contribution is -0.123. The number of rotatable bonds is 7. The molecule has 0 radical (unpaired) electrons. The number of ether oxygens (including phenoxy) is 1. The number of carbonyl (C=O) groups is 2. The van der Waals surface area contributed by atoms with Gasteiger partial charge in [-0.3, -0.25) is 14.5 Å². The first-order valence-electron chi connectivity index (χ1n) is 10.8. The molecule has 1 fully saturated rings. The van der Waals surface area contributed by atoms with Crippen molar-refractivity contribution >= 4 is 28.2 Å². The van der Waals surface area contributed by atoms with Crippen LogP contribution in [0, 0.1) is 12.3 Å². The highest BCUT2D eigenvalue weighted by molar-refractivity contribution is 7.18. The van der Waals surface area contributed by atoms with Crippen molar-refractivity contribution in [1.82, 2.24) is 10.2 Å². The lowest BCUT2D eigenvalue weighted by Crippen LogP contribution is -2.37. The summed E-state index contributed by atoms with van der Waals surface area (Å²) in [5.74, 6) is 0.664. The number of para-hydroxylation sites is 1. The minimum absolute atomic E-state index is 0.0583. The Hall–Kier alpha value is -2.38. The molecule has 1 unspecified atom stereocenters. The summed E-state index contributed by atoms with van der Waals surface area (Å²) in [6, 6.07) is 9.93. The van der Waals surface area contributed by atoms with Gasteiger partial charge < -0.3 is 15.4 Å². The Morgan fingerprint density at radius 1 is 1.19 bits per heavy atom. The van der Waals surface area contributed by atoms with Crippen molar-refractivity contribution in [3.63, 3.8) is 0 Å². The lowest BCUT2D eigenvalue weighted by atomic mass is 9.96. The van der Waals surface area contributed by atoms with Gasteiger partial charge in [0.05, 0.1) is 23.0 Å². The van der Waals surface area contributed by atoms with E-state index in [9.17, 15) is 9.59 Å². The van der Waals surface area contributed by atoms with Gasteiger partial charge in [-0.15, -0.1) is 11.3 Å². The molecule has 1 aliphatic rings. The van der Waals surface area contributed by atoms with Crippen LogP contribution in [-0.4, -0.2) is 43.5 Å². The molecule has 1 aromatic carbocycles. The summed E-state index contributed by atoms with van der Waals surface area (Å²) >= 11 is 1.32. The number of nitrogens with zero attached hydrogens (tertiary/aromatic N) is 1. The Bertz CT molecular complexity index is 926. The van der Waals surface area contributed by atoms with Crippen molar-refractivity contribution < 1.29 is 14.3 Å². The van der Waals surface area contributed by atoms with E-state index in [0.29, 0.717) is 16.4 Å². The number of carbonyl (C=O) groups excluding carboxylic acids is 2. The van der Waals surface area contributed by atoms with Crippen molar-refractivity contribution in [2.24, 2.45) is 5.41 Å². The normalized spacial score (nSPS) is 15.5. The number of hydrogen-bond donors (Lipinski definition) is 2. The van der Waals surface area contributed by atoms with Crippen molar-refractivity contribution in [1.29, 1.82) is 0 Å². The molecule has 3 rings (SSSR count). The average Bonchev–Trinajstić information content (AvgIpc) is 3.37. The van der Waals surface area contributed by atoms with Gasteiger partial charge in [-0.1, -0.05) is 39.0 Å². The first-order chi connectivity index (χ1) is 14.7. The van der Waals surface area contributed by atoms with E-state index >= 15 is 0 Å². The minimum atomic E-state index is -0.488. The van der Waals surface area contributed by atoms with Crippen molar-refractivity contribution in [2.75, 3.05) is 32.1 Å². The summed E-state index contributed by atoms with van der Waals surface area (Å²) in [5, 5.41) is 6.75. The van der Waals surface area contributed by atoms with Crippen LogP contribution >= 0.6 is 11.3 Å². The Labute approximate surface area is 189 Å². The zero-order chi connectivity index (χ0) is 22.6. The predicted molar refractivity (Wildman–Crippen MR) is 126 cm³/mol. The van der Waals surface area contributed by atoms with E-state index in [2.05, 4.69) is 21.6 Å². The van der Waals surface area contributed by atoms with Crippen LogP contribution in [0.3, 0.4) is 0 Å². The summed E-state index contributed by atoms with van der Waals surface area (Å²) < 4.78 is 5.59. The van der Waals surface area contributed by atoms with Crippen LogP contribution in [0.4, 0.5) is 5.00 Å². The van der Waals surface area contributed by atoms with Gasteiger partial charge in [0.1, 0.15) is 5.75 Å². The van der Waals surface area contributed by atoms with E-state index in [0.717, 1.165) is 30.0 Å². The smallest absolute Gasteiger partial charge is 0.261 e. The van der Waals surface area contributed by atoms with E-state index in [1.807, 2.05) is 52.0 Å². The number of nitrogens with one attached hydrogen (secondary N) is 2. The number of likely N-dealkylation sites (tertiary alicyclic amines) is 1. The number of amides is 2. The Morgan fingerprint density at radius 2 is 1.87 bits per heavy atom. The maximum absolute atomic E-state index is 13.0. The zero-order valence-corrected chi connectivity index (χ0v) is 19.9. The van der Waals surface area contributed by atoms with E-state index in [4.69, 9.17) is 4.74 Å². The van der Waals surface area contributed by atoms with Crippen LogP contribution in [-0.2, 0) is 4.79 Å².